The summed E-state index contributed by atoms with van der Waals surface area (Å²) in [5.41, 5.74) is 2.80. The Morgan fingerprint density at radius 1 is 1.36 bits per heavy atom. The number of halogens is 2. The summed E-state index contributed by atoms with van der Waals surface area (Å²) in [6, 6.07) is 7.26. The van der Waals surface area contributed by atoms with E-state index in [-0.39, 0.29) is 12.8 Å². The first-order valence-corrected chi connectivity index (χ1v) is 7.04. The van der Waals surface area contributed by atoms with E-state index in [1.807, 2.05) is 18.2 Å². The molecule has 22 heavy (non-hydrogen) atoms. The van der Waals surface area contributed by atoms with Gasteiger partial charge in [-0.25, -0.2) is 13.6 Å². The Bertz CT molecular complexity index is 768. The summed E-state index contributed by atoms with van der Waals surface area (Å²) < 4.78 is 31.3. The van der Waals surface area contributed by atoms with Crippen LogP contribution in [0.3, 0.4) is 0 Å². The number of fused-ring (bicyclic) bond motifs is 1. The quantitative estimate of drug-likeness (QED) is 0.780. The number of esters is 1. The number of hydrogen-bond donors (Lipinski definition) is 0. The lowest BCUT2D eigenvalue weighted by Gasteiger charge is -2.22. The van der Waals surface area contributed by atoms with E-state index in [9.17, 15) is 13.6 Å². The number of methoxy groups -OCH3 is 1. The molecule has 0 radical (unpaired) electrons. The number of alkyl halides is 2. The molecule has 2 aromatic rings. The standard InChI is InChI=1S/C17H15F2NO2/c1-22-16(21)12-9-14-13(3-2-4-15(14)20-10-12)11-5-7-17(18,19)8-6-11/h2-5,9-10H,6-8H2,1H3. The molecule has 0 atom stereocenters. The van der Waals surface area contributed by atoms with Crippen molar-refractivity contribution >= 4 is 22.4 Å². The predicted molar refractivity (Wildman–Crippen MR) is 79.9 cm³/mol. The maximum Gasteiger partial charge on any atom is 0.339 e. The summed E-state index contributed by atoms with van der Waals surface area (Å²) >= 11 is 0. The van der Waals surface area contributed by atoms with Crippen molar-refractivity contribution in [3.63, 3.8) is 0 Å². The highest BCUT2D eigenvalue weighted by molar-refractivity contribution is 5.98. The van der Waals surface area contributed by atoms with Gasteiger partial charge < -0.3 is 4.74 Å². The summed E-state index contributed by atoms with van der Waals surface area (Å²) in [5, 5.41) is 0.780. The molecule has 1 aliphatic rings. The fourth-order valence-electron chi connectivity index (χ4n) is 2.70. The first kappa shape index (κ1) is 14.6. The highest BCUT2D eigenvalue weighted by atomic mass is 19.3. The minimum atomic E-state index is -2.62. The summed E-state index contributed by atoms with van der Waals surface area (Å²) in [7, 11) is 1.31. The number of pyridine rings is 1. The Morgan fingerprint density at radius 2 is 2.18 bits per heavy atom. The number of benzene rings is 1. The largest absolute Gasteiger partial charge is 0.465 e. The van der Waals surface area contributed by atoms with Gasteiger partial charge in [0.2, 0.25) is 0 Å². The third-order valence-corrected chi connectivity index (χ3v) is 3.90. The molecule has 3 nitrogen and oxygen atoms in total. The molecule has 1 heterocycles. The molecular weight excluding hydrogens is 288 g/mol. The zero-order valence-electron chi connectivity index (χ0n) is 12.1. The Labute approximate surface area is 126 Å². The molecule has 5 heteroatoms. The monoisotopic (exact) mass is 303 g/mol. The van der Waals surface area contributed by atoms with Crippen LogP contribution in [0.2, 0.25) is 0 Å². The number of carbonyl (C=O) groups is 1. The molecule has 1 aromatic heterocycles. The van der Waals surface area contributed by atoms with E-state index in [4.69, 9.17) is 4.74 Å². The number of allylic oxidation sites excluding steroid dienone is 2. The van der Waals surface area contributed by atoms with Crippen molar-refractivity contribution < 1.29 is 18.3 Å². The van der Waals surface area contributed by atoms with Crippen LogP contribution in [0.5, 0.6) is 0 Å². The second-order valence-corrected chi connectivity index (χ2v) is 5.38. The first-order chi connectivity index (χ1) is 10.5. The molecule has 0 spiro atoms. The van der Waals surface area contributed by atoms with Crippen molar-refractivity contribution in [2.24, 2.45) is 0 Å². The molecule has 114 valence electrons. The molecule has 0 saturated carbocycles. The van der Waals surface area contributed by atoms with Crippen LogP contribution in [0.15, 0.2) is 36.5 Å². The summed E-state index contributed by atoms with van der Waals surface area (Å²) in [4.78, 5) is 15.9. The van der Waals surface area contributed by atoms with Gasteiger partial charge in [0.25, 0.3) is 5.92 Å². The van der Waals surface area contributed by atoms with Crippen LogP contribution in [0.25, 0.3) is 16.5 Å². The number of carbonyl (C=O) groups excluding carboxylic acids is 1. The van der Waals surface area contributed by atoms with Gasteiger partial charge >= 0.3 is 5.97 Å². The Hall–Kier alpha value is -2.30. The van der Waals surface area contributed by atoms with Gasteiger partial charge in [-0.1, -0.05) is 18.2 Å². The maximum absolute atomic E-state index is 13.3. The van der Waals surface area contributed by atoms with Crippen LogP contribution in [0, 0.1) is 0 Å². The molecule has 0 aliphatic heterocycles. The van der Waals surface area contributed by atoms with Gasteiger partial charge in [0.05, 0.1) is 18.2 Å². The van der Waals surface area contributed by atoms with Crippen molar-refractivity contribution in [1.82, 2.24) is 4.98 Å². The third-order valence-electron chi connectivity index (χ3n) is 3.90. The molecule has 0 N–H and O–H groups in total. The normalized spacial score (nSPS) is 17.1. The fourth-order valence-corrected chi connectivity index (χ4v) is 2.70. The van der Waals surface area contributed by atoms with Gasteiger partial charge in [-0.3, -0.25) is 4.98 Å². The number of hydrogen-bond acceptors (Lipinski definition) is 3. The van der Waals surface area contributed by atoms with Gasteiger partial charge in [-0.2, -0.15) is 0 Å². The summed E-state index contributed by atoms with van der Waals surface area (Å²) in [5.74, 6) is -3.09. The second kappa shape index (κ2) is 5.48. The van der Waals surface area contributed by atoms with E-state index < -0.39 is 11.9 Å². The topological polar surface area (TPSA) is 39.2 Å². The highest BCUT2D eigenvalue weighted by Crippen LogP contribution is 2.38. The van der Waals surface area contributed by atoms with Crippen LogP contribution < -0.4 is 0 Å². The van der Waals surface area contributed by atoms with Gasteiger partial charge in [-0.15, -0.1) is 0 Å². The van der Waals surface area contributed by atoms with Gasteiger partial charge in [0.15, 0.2) is 0 Å². The van der Waals surface area contributed by atoms with E-state index in [1.54, 1.807) is 12.1 Å². The van der Waals surface area contributed by atoms with Crippen molar-refractivity contribution in [1.29, 1.82) is 0 Å². The summed E-state index contributed by atoms with van der Waals surface area (Å²) in [6.07, 6.45) is 2.96. The van der Waals surface area contributed by atoms with Crippen molar-refractivity contribution in [3.8, 4) is 0 Å². The Morgan fingerprint density at radius 3 is 2.86 bits per heavy atom. The number of nitrogens with zero attached hydrogens (tertiary/aromatic N) is 1. The van der Waals surface area contributed by atoms with E-state index >= 15 is 0 Å². The molecular formula is C17H15F2NO2. The molecule has 1 aliphatic carbocycles. The van der Waals surface area contributed by atoms with Crippen LogP contribution in [0.1, 0.15) is 35.2 Å². The van der Waals surface area contributed by atoms with Crippen LogP contribution >= 0.6 is 0 Å². The lowest BCUT2D eigenvalue weighted by molar-refractivity contribution is -0.00602. The smallest absolute Gasteiger partial charge is 0.339 e. The Balaban J connectivity index is 2.10. The average Bonchev–Trinajstić information content (AvgIpc) is 2.53. The number of aromatic nitrogens is 1. The molecule has 0 bridgehead atoms. The third kappa shape index (κ3) is 2.71. The number of ether oxygens (including phenoxy) is 1. The van der Waals surface area contributed by atoms with E-state index in [2.05, 4.69) is 4.98 Å². The lowest BCUT2D eigenvalue weighted by atomic mass is 9.89. The highest BCUT2D eigenvalue weighted by Gasteiger charge is 2.31. The van der Waals surface area contributed by atoms with Gasteiger partial charge in [0.1, 0.15) is 0 Å². The predicted octanol–water partition coefficient (Wildman–Crippen LogP) is 4.22. The number of rotatable bonds is 2. The SMILES string of the molecule is COC(=O)c1cnc2cccc(C3=CCC(F)(F)CC3)c2c1. The lowest BCUT2D eigenvalue weighted by Crippen LogP contribution is -2.18. The van der Waals surface area contributed by atoms with Crippen molar-refractivity contribution in [2.75, 3.05) is 7.11 Å². The van der Waals surface area contributed by atoms with Crippen LogP contribution in [-0.4, -0.2) is 24.0 Å². The minimum absolute atomic E-state index is 0.153. The van der Waals surface area contributed by atoms with Crippen LogP contribution in [-0.2, 0) is 4.74 Å². The van der Waals surface area contributed by atoms with Crippen LogP contribution in [0.4, 0.5) is 8.78 Å². The molecule has 1 aromatic carbocycles. The zero-order valence-corrected chi connectivity index (χ0v) is 12.1. The average molecular weight is 303 g/mol. The molecule has 3 rings (SSSR count). The molecule has 0 unspecified atom stereocenters. The zero-order chi connectivity index (χ0) is 15.7. The van der Waals surface area contributed by atoms with Gasteiger partial charge in [-0.05, 0) is 29.7 Å². The molecule has 0 fully saturated rings. The second-order valence-electron chi connectivity index (χ2n) is 5.38. The summed E-state index contributed by atoms with van der Waals surface area (Å²) in [6.45, 7) is 0. The molecule has 0 amide bonds. The van der Waals surface area contributed by atoms with E-state index in [0.29, 0.717) is 12.0 Å². The van der Waals surface area contributed by atoms with E-state index in [1.165, 1.54) is 13.3 Å². The Kier molecular flexibility index (Phi) is 3.64. The maximum atomic E-state index is 13.3. The molecule has 0 saturated heterocycles. The fraction of sp³-hybridized carbons (Fsp3) is 0.294. The van der Waals surface area contributed by atoms with Crippen molar-refractivity contribution in [2.45, 2.75) is 25.2 Å². The van der Waals surface area contributed by atoms with Gasteiger partial charge in [0, 0.05) is 24.4 Å². The van der Waals surface area contributed by atoms with Crippen molar-refractivity contribution in [3.05, 3.63) is 47.7 Å². The van der Waals surface area contributed by atoms with E-state index in [0.717, 1.165) is 22.0 Å². The minimum Gasteiger partial charge on any atom is -0.465 e. The first-order valence-electron chi connectivity index (χ1n) is 7.04.